The van der Waals surface area contributed by atoms with Crippen LogP contribution in [0, 0.1) is 17.1 Å². The highest BCUT2D eigenvalue weighted by Gasteiger charge is 2.06. The first-order valence-corrected chi connectivity index (χ1v) is 6.53. The number of nitriles is 1. The molecular formula is C17H16FN. The van der Waals surface area contributed by atoms with Crippen LogP contribution in [0.25, 0.3) is 11.1 Å². The van der Waals surface area contributed by atoms with Crippen LogP contribution in [0.5, 0.6) is 0 Å². The van der Waals surface area contributed by atoms with E-state index in [2.05, 4.69) is 13.0 Å². The number of aryl methyl sites for hydroxylation is 1. The Morgan fingerprint density at radius 3 is 2.42 bits per heavy atom. The molecule has 0 aliphatic carbocycles. The van der Waals surface area contributed by atoms with Gasteiger partial charge in [-0.15, -0.1) is 0 Å². The van der Waals surface area contributed by atoms with Gasteiger partial charge in [0.25, 0.3) is 0 Å². The zero-order valence-electron chi connectivity index (χ0n) is 11.0. The minimum Gasteiger partial charge on any atom is -0.206 e. The van der Waals surface area contributed by atoms with Crippen molar-refractivity contribution in [3.05, 3.63) is 59.4 Å². The maximum atomic E-state index is 14.1. The highest BCUT2D eigenvalue weighted by molar-refractivity contribution is 5.65. The van der Waals surface area contributed by atoms with Crippen molar-refractivity contribution in [2.75, 3.05) is 0 Å². The fourth-order valence-corrected chi connectivity index (χ4v) is 2.05. The summed E-state index contributed by atoms with van der Waals surface area (Å²) in [7, 11) is 0. The normalized spacial score (nSPS) is 10.2. The zero-order valence-corrected chi connectivity index (χ0v) is 11.0. The molecule has 96 valence electrons. The standard InChI is InChI=1S/C17H16FN/c1-2-3-4-13-7-10-16(17(18)11-13)15-8-5-14(12-19)6-9-15/h5-11H,2-4H2,1H3. The topological polar surface area (TPSA) is 23.8 Å². The zero-order chi connectivity index (χ0) is 13.7. The van der Waals surface area contributed by atoms with Gasteiger partial charge in [-0.2, -0.15) is 5.26 Å². The monoisotopic (exact) mass is 253 g/mol. The van der Waals surface area contributed by atoms with Gasteiger partial charge in [-0.05, 0) is 42.2 Å². The summed E-state index contributed by atoms with van der Waals surface area (Å²) in [6, 6.07) is 14.4. The Bertz CT molecular complexity index is 594. The largest absolute Gasteiger partial charge is 0.206 e. The predicted octanol–water partition coefficient (Wildman–Crippen LogP) is 4.71. The van der Waals surface area contributed by atoms with Gasteiger partial charge in [0.05, 0.1) is 11.6 Å². The third-order valence-corrected chi connectivity index (χ3v) is 3.18. The predicted molar refractivity (Wildman–Crippen MR) is 75.2 cm³/mol. The fourth-order valence-electron chi connectivity index (χ4n) is 2.05. The smallest absolute Gasteiger partial charge is 0.131 e. The highest BCUT2D eigenvalue weighted by Crippen LogP contribution is 2.24. The summed E-state index contributed by atoms with van der Waals surface area (Å²) in [6.45, 7) is 2.13. The minimum absolute atomic E-state index is 0.196. The lowest BCUT2D eigenvalue weighted by Gasteiger charge is -2.06. The lowest BCUT2D eigenvalue weighted by Crippen LogP contribution is -1.90. The van der Waals surface area contributed by atoms with Crippen LogP contribution in [-0.4, -0.2) is 0 Å². The molecule has 0 spiro atoms. The number of nitrogens with zero attached hydrogens (tertiary/aromatic N) is 1. The van der Waals surface area contributed by atoms with Gasteiger partial charge in [0, 0.05) is 5.56 Å². The number of unbranched alkanes of at least 4 members (excludes halogenated alkanes) is 1. The van der Waals surface area contributed by atoms with Crippen LogP contribution >= 0.6 is 0 Å². The Morgan fingerprint density at radius 2 is 1.84 bits per heavy atom. The van der Waals surface area contributed by atoms with Crippen LogP contribution in [0.15, 0.2) is 42.5 Å². The van der Waals surface area contributed by atoms with Crippen molar-refractivity contribution in [2.24, 2.45) is 0 Å². The van der Waals surface area contributed by atoms with Gasteiger partial charge in [0.1, 0.15) is 5.82 Å². The molecular weight excluding hydrogens is 237 g/mol. The summed E-state index contributed by atoms with van der Waals surface area (Å²) in [5.74, 6) is -0.196. The Morgan fingerprint density at radius 1 is 1.11 bits per heavy atom. The molecule has 0 aliphatic heterocycles. The molecule has 2 rings (SSSR count). The van der Waals surface area contributed by atoms with Crippen LogP contribution in [-0.2, 0) is 6.42 Å². The maximum absolute atomic E-state index is 14.1. The van der Waals surface area contributed by atoms with Gasteiger partial charge < -0.3 is 0 Å². The average Bonchev–Trinajstić information content (AvgIpc) is 2.45. The van der Waals surface area contributed by atoms with Crippen molar-refractivity contribution in [3.8, 4) is 17.2 Å². The van der Waals surface area contributed by atoms with Gasteiger partial charge in [0.15, 0.2) is 0 Å². The van der Waals surface area contributed by atoms with Gasteiger partial charge in [-0.25, -0.2) is 4.39 Å². The summed E-state index contributed by atoms with van der Waals surface area (Å²) < 4.78 is 14.1. The molecule has 0 atom stereocenters. The average molecular weight is 253 g/mol. The van der Waals surface area contributed by atoms with Crippen molar-refractivity contribution in [3.63, 3.8) is 0 Å². The van der Waals surface area contributed by atoms with E-state index in [1.54, 1.807) is 30.3 Å². The number of rotatable bonds is 4. The molecule has 0 N–H and O–H groups in total. The van der Waals surface area contributed by atoms with Crippen molar-refractivity contribution in [1.82, 2.24) is 0 Å². The summed E-state index contributed by atoms with van der Waals surface area (Å²) in [6.07, 6.45) is 3.11. The molecule has 1 nitrogen and oxygen atoms in total. The third kappa shape index (κ3) is 3.20. The molecule has 0 fully saturated rings. The lowest BCUT2D eigenvalue weighted by atomic mass is 10.00. The first-order chi connectivity index (χ1) is 9.24. The molecule has 0 aliphatic rings. The Hall–Kier alpha value is -2.14. The van der Waals surface area contributed by atoms with Crippen LogP contribution in [0.4, 0.5) is 4.39 Å². The SMILES string of the molecule is CCCCc1ccc(-c2ccc(C#N)cc2)c(F)c1. The molecule has 2 aromatic rings. The highest BCUT2D eigenvalue weighted by atomic mass is 19.1. The van der Waals surface area contributed by atoms with Crippen LogP contribution < -0.4 is 0 Å². The summed E-state index contributed by atoms with van der Waals surface area (Å²) in [5, 5.41) is 8.75. The van der Waals surface area contributed by atoms with Crippen molar-refractivity contribution in [1.29, 1.82) is 5.26 Å². The number of benzene rings is 2. The molecule has 0 unspecified atom stereocenters. The third-order valence-electron chi connectivity index (χ3n) is 3.18. The Kier molecular flexibility index (Phi) is 4.30. The van der Waals surface area contributed by atoms with Gasteiger partial charge in [-0.3, -0.25) is 0 Å². The summed E-state index contributed by atoms with van der Waals surface area (Å²) in [4.78, 5) is 0. The molecule has 0 amide bonds. The van der Waals surface area contributed by atoms with Gasteiger partial charge in [0.2, 0.25) is 0 Å². The van der Waals surface area contributed by atoms with Crippen molar-refractivity contribution in [2.45, 2.75) is 26.2 Å². The maximum Gasteiger partial charge on any atom is 0.131 e. The molecule has 0 saturated heterocycles. The Balaban J connectivity index is 2.27. The van der Waals surface area contributed by atoms with Crippen LogP contribution in [0.2, 0.25) is 0 Å². The molecule has 2 heteroatoms. The molecule has 0 aromatic heterocycles. The van der Waals surface area contributed by atoms with Crippen LogP contribution in [0.1, 0.15) is 30.9 Å². The van der Waals surface area contributed by atoms with Gasteiger partial charge in [-0.1, -0.05) is 37.6 Å². The molecule has 0 radical (unpaired) electrons. The van der Waals surface area contributed by atoms with E-state index >= 15 is 0 Å². The van der Waals surface area contributed by atoms with E-state index in [0.717, 1.165) is 30.4 Å². The van der Waals surface area contributed by atoms with E-state index in [1.807, 2.05) is 12.1 Å². The second-order valence-electron chi connectivity index (χ2n) is 4.61. The molecule has 0 saturated carbocycles. The second-order valence-corrected chi connectivity index (χ2v) is 4.61. The molecule has 2 aromatic carbocycles. The molecule has 0 bridgehead atoms. The van der Waals surface area contributed by atoms with E-state index < -0.39 is 0 Å². The van der Waals surface area contributed by atoms with Crippen molar-refractivity contribution >= 4 is 0 Å². The van der Waals surface area contributed by atoms with E-state index in [-0.39, 0.29) is 5.82 Å². The van der Waals surface area contributed by atoms with E-state index in [0.29, 0.717) is 11.1 Å². The number of hydrogen-bond acceptors (Lipinski definition) is 1. The van der Waals surface area contributed by atoms with Gasteiger partial charge >= 0.3 is 0 Å². The van der Waals surface area contributed by atoms with E-state index in [9.17, 15) is 4.39 Å². The number of hydrogen-bond donors (Lipinski definition) is 0. The first-order valence-electron chi connectivity index (χ1n) is 6.53. The second kappa shape index (κ2) is 6.15. The van der Waals surface area contributed by atoms with E-state index in [1.165, 1.54) is 0 Å². The first kappa shape index (κ1) is 13.3. The quantitative estimate of drug-likeness (QED) is 0.774. The summed E-state index contributed by atoms with van der Waals surface area (Å²) >= 11 is 0. The minimum atomic E-state index is -0.196. The van der Waals surface area contributed by atoms with Crippen molar-refractivity contribution < 1.29 is 4.39 Å². The fraction of sp³-hybridized carbons (Fsp3) is 0.235. The number of halogens is 1. The summed E-state index contributed by atoms with van der Waals surface area (Å²) in [5.41, 5.74) is 3.02. The lowest BCUT2D eigenvalue weighted by molar-refractivity contribution is 0.627. The Labute approximate surface area is 113 Å². The van der Waals surface area contributed by atoms with Crippen LogP contribution in [0.3, 0.4) is 0 Å². The molecule has 0 heterocycles. The molecule has 19 heavy (non-hydrogen) atoms. The van der Waals surface area contributed by atoms with E-state index in [4.69, 9.17) is 5.26 Å².